The molecule has 0 saturated heterocycles. The molecule has 0 amide bonds. The number of nitrogens with zero attached hydrogens (tertiary/aromatic N) is 2. The van der Waals surface area contributed by atoms with Crippen LogP contribution < -0.4 is 21.1 Å². The van der Waals surface area contributed by atoms with Crippen molar-refractivity contribution >= 4 is 50.6 Å². The van der Waals surface area contributed by atoms with Crippen LogP contribution in [0.3, 0.4) is 0 Å². The highest BCUT2D eigenvalue weighted by atomic mass is 16.5. The lowest BCUT2D eigenvalue weighted by atomic mass is 9.34. The van der Waals surface area contributed by atoms with Crippen molar-refractivity contribution in [2.24, 2.45) is 0 Å². The fourth-order valence-electron chi connectivity index (χ4n) is 10.5. The fourth-order valence-corrected chi connectivity index (χ4v) is 10.5. The predicted molar refractivity (Wildman–Crippen MR) is 271 cm³/mol. The Morgan fingerprint density at radius 2 is 0.908 bits per heavy atom. The summed E-state index contributed by atoms with van der Waals surface area (Å²) in [6, 6.07) is 80.7. The molecule has 10 aromatic carbocycles. The largest absolute Gasteiger partial charge is 0.458 e. The average molecular weight is 825 g/mol. The van der Waals surface area contributed by atoms with E-state index in [2.05, 4.69) is 222 Å². The number of fused-ring (bicyclic) bond motifs is 7. The molecule has 0 aliphatic carbocycles. The summed E-state index contributed by atoms with van der Waals surface area (Å²) < 4.78 is 9.59. The van der Waals surface area contributed by atoms with Gasteiger partial charge >= 0.3 is 0 Å². The zero-order valence-corrected chi connectivity index (χ0v) is 35.2. The molecule has 11 aromatic rings. The molecule has 2 aliphatic heterocycles. The Balaban J connectivity index is 1.14. The molecule has 0 N–H and O–H groups in total. The molecule has 2 aliphatic rings. The molecule has 0 spiro atoms. The second kappa shape index (κ2) is 14.7. The van der Waals surface area contributed by atoms with Crippen LogP contribution in [0.4, 0.5) is 5.69 Å². The highest BCUT2D eigenvalue weighted by molar-refractivity contribution is 6.99. The van der Waals surface area contributed by atoms with Gasteiger partial charge in [0.25, 0.3) is 6.71 Å². The quantitative estimate of drug-likeness (QED) is 0.121. The van der Waals surface area contributed by atoms with Gasteiger partial charge in [-0.15, -0.1) is 0 Å². The van der Waals surface area contributed by atoms with Crippen LogP contribution in [0.2, 0.25) is 0 Å². The van der Waals surface area contributed by atoms with Crippen molar-refractivity contribution in [2.45, 2.75) is 0 Å². The first kappa shape index (κ1) is 37.0. The predicted octanol–water partition coefficient (Wildman–Crippen LogP) is 14.3. The Hall–Kier alpha value is -8.65. The van der Waals surface area contributed by atoms with Crippen LogP contribution in [0.1, 0.15) is 0 Å². The third-order valence-electron chi connectivity index (χ3n) is 13.5. The minimum atomic E-state index is -0.118. The first-order valence-electron chi connectivity index (χ1n) is 22.1. The van der Waals surface area contributed by atoms with Crippen molar-refractivity contribution < 1.29 is 4.74 Å². The molecule has 3 heterocycles. The highest BCUT2D eigenvalue weighted by Crippen LogP contribution is 2.44. The van der Waals surface area contributed by atoms with E-state index in [0.29, 0.717) is 5.69 Å². The lowest BCUT2D eigenvalue weighted by molar-refractivity contribution is 0.487. The van der Waals surface area contributed by atoms with E-state index in [4.69, 9.17) is 11.3 Å². The van der Waals surface area contributed by atoms with Gasteiger partial charge < -0.3 is 9.30 Å². The van der Waals surface area contributed by atoms with E-state index in [9.17, 15) is 0 Å². The van der Waals surface area contributed by atoms with Crippen LogP contribution in [0.5, 0.6) is 11.5 Å². The van der Waals surface area contributed by atoms with Crippen molar-refractivity contribution in [1.82, 2.24) is 4.57 Å². The van der Waals surface area contributed by atoms with Crippen LogP contribution >= 0.6 is 0 Å². The standard InChI is InChI=1S/C61H37BN2O/c1-63-47-29-25-40(26-30-47)45-37-57-60-59(38-45)65-58-32-28-43(39-15-5-2-6-16-39)35-54(58)62(60)55-36-46(51-24-14-12-22-49(51)42-19-9-4-10-20-42)34-53-52-33-44(27-31-56(52)64(57)61(53)55)50-23-13-11-21-48(50)41-17-7-3-8-18-41/h2-38H. The molecule has 1 aromatic heterocycles. The summed E-state index contributed by atoms with van der Waals surface area (Å²) in [5, 5.41) is 2.40. The number of hydrogen-bond donors (Lipinski definition) is 0. The normalized spacial score (nSPS) is 12.1. The highest BCUT2D eigenvalue weighted by Gasteiger charge is 2.41. The molecule has 0 fully saturated rings. The van der Waals surface area contributed by atoms with Gasteiger partial charge in [0.2, 0.25) is 0 Å². The lowest BCUT2D eigenvalue weighted by Crippen LogP contribution is -2.58. The van der Waals surface area contributed by atoms with Gasteiger partial charge in [-0.2, -0.15) is 0 Å². The van der Waals surface area contributed by atoms with Crippen molar-refractivity contribution in [2.75, 3.05) is 0 Å². The SMILES string of the molecule is [C-]#[N+]c1ccc(-c2cc3c4c(c2)-n2c5ccc(-c6ccccc6-c6ccccc6)cc5c5cc(-c6ccccc6-c6ccccc6)cc(c52)B4c2cc(-c4ccccc4)ccc2O3)cc1. The van der Waals surface area contributed by atoms with Crippen LogP contribution in [0.15, 0.2) is 224 Å². The number of hydrogen-bond acceptors (Lipinski definition) is 1. The van der Waals surface area contributed by atoms with Gasteiger partial charge in [0.1, 0.15) is 11.5 Å². The second-order valence-electron chi connectivity index (χ2n) is 17.1. The van der Waals surface area contributed by atoms with Crippen molar-refractivity contribution in [3.05, 3.63) is 236 Å². The maximum atomic E-state index is 7.62. The Kier molecular flexibility index (Phi) is 8.38. The molecule has 0 saturated carbocycles. The van der Waals surface area contributed by atoms with E-state index < -0.39 is 0 Å². The summed E-state index contributed by atoms with van der Waals surface area (Å²) in [5.41, 5.74) is 21.5. The number of rotatable bonds is 6. The summed E-state index contributed by atoms with van der Waals surface area (Å²) >= 11 is 0. The lowest BCUT2D eigenvalue weighted by Gasteiger charge is -2.34. The van der Waals surface area contributed by atoms with Gasteiger partial charge in [0.15, 0.2) is 5.69 Å². The molecule has 4 heteroatoms. The molecule has 3 nitrogen and oxygen atoms in total. The van der Waals surface area contributed by atoms with Crippen molar-refractivity contribution in [3.8, 4) is 83.9 Å². The zero-order chi connectivity index (χ0) is 43.0. The first-order valence-corrected chi connectivity index (χ1v) is 22.1. The molecule has 0 radical (unpaired) electrons. The Labute approximate surface area is 378 Å². The molecule has 0 bridgehead atoms. The summed E-state index contributed by atoms with van der Waals surface area (Å²) in [7, 11) is 0. The van der Waals surface area contributed by atoms with E-state index >= 15 is 0 Å². The Morgan fingerprint density at radius 3 is 1.55 bits per heavy atom. The topological polar surface area (TPSA) is 18.5 Å². The molecule has 13 rings (SSSR count). The molecule has 300 valence electrons. The van der Waals surface area contributed by atoms with Crippen LogP contribution in [0, 0.1) is 6.57 Å². The van der Waals surface area contributed by atoms with E-state index in [1.165, 1.54) is 71.8 Å². The van der Waals surface area contributed by atoms with Crippen molar-refractivity contribution in [3.63, 3.8) is 0 Å². The smallest absolute Gasteiger partial charge is 0.256 e. The molecular formula is C61H37BN2O. The third-order valence-corrected chi connectivity index (χ3v) is 13.5. The zero-order valence-electron chi connectivity index (χ0n) is 35.2. The average Bonchev–Trinajstić information content (AvgIpc) is 3.72. The van der Waals surface area contributed by atoms with Crippen LogP contribution in [-0.2, 0) is 0 Å². The van der Waals surface area contributed by atoms with E-state index in [1.54, 1.807) is 0 Å². The first-order chi connectivity index (χ1) is 32.2. The third kappa shape index (κ3) is 5.91. The minimum absolute atomic E-state index is 0.118. The van der Waals surface area contributed by atoms with Crippen molar-refractivity contribution in [1.29, 1.82) is 0 Å². The molecular weight excluding hydrogens is 787 g/mol. The van der Waals surface area contributed by atoms with Gasteiger partial charge in [-0.05, 0) is 120 Å². The van der Waals surface area contributed by atoms with Gasteiger partial charge in [0.05, 0.1) is 12.1 Å². The summed E-state index contributed by atoms with van der Waals surface area (Å²) in [6.45, 7) is 7.50. The monoisotopic (exact) mass is 824 g/mol. The Bertz CT molecular complexity index is 3740. The van der Waals surface area contributed by atoms with Gasteiger partial charge in [-0.1, -0.05) is 188 Å². The summed E-state index contributed by atoms with van der Waals surface area (Å²) in [6.07, 6.45) is 0. The Morgan fingerprint density at radius 1 is 0.385 bits per heavy atom. The van der Waals surface area contributed by atoms with E-state index in [1.807, 2.05) is 12.1 Å². The number of ether oxygens (including phenoxy) is 1. The number of aromatic nitrogens is 1. The summed E-state index contributed by atoms with van der Waals surface area (Å²) in [4.78, 5) is 3.68. The maximum absolute atomic E-state index is 7.62. The van der Waals surface area contributed by atoms with E-state index in [-0.39, 0.29) is 6.71 Å². The van der Waals surface area contributed by atoms with Crippen LogP contribution in [0.25, 0.3) is 99.1 Å². The molecule has 0 unspecified atom stereocenters. The molecule has 65 heavy (non-hydrogen) atoms. The summed E-state index contributed by atoms with van der Waals surface area (Å²) in [5.74, 6) is 1.71. The fraction of sp³-hybridized carbons (Fsp3) is 0. The molecule has 0 atom stereocenters. The number of benzene rings is 10. The van der Waals surface area contributed by atoms with Gasteiger partial charge in [-0.3, -0.25) is 0 Å². The van der Waals surface area contributed by atoms with E-state index in [0.717, 1.165) is 50.3 Å². The van der Waals surface area contributed by atoms with Gasteiger partial charge in [-0.25, -0.2) is 4.85 Å². The minimum Gasteiger partial charge on any atom is -0.458 e. The van der Waals surface area contributed by atoms with Gasteiger partial charge in [0, 0.05) is 22.0 Å². The maximum Gasteiger partial charge on any atom is 0.256 e. The van der Waals surface area contributed by atoms with Crippen LogP contribution in [-0.4, -0.2) is 11.3 Å². The second-order valence-corrected chi connectivity index (χ2v) is 17.1.